The van der Waals surface area contributed by atoms with E-state index in [9.17, 15) is 13.2 Å². The van der Waals surface area contributed by atoms with Crippen LogP contribution in [-0.4, -0.2) is 41.4 Å². The fraction of sp³-hybridized carbons (Fsp3) is 0.556. The fourth-order valence-corrected chi connectivity index (χ4v) is 5.55. The highest BCUT2D eigenvalue weighted by atomic mass is 79.9. The van der Waals surface area contributed by atoms with Gasteiger partial charge in [0.05, 0.1) is 9.48 Å². The first-order valence-electron chi connectivity index (χ1n) is 5.21. The van der Waals surface area contributed by atoms with Gasteiger partial charge in [0.1, 0.15) is 6.04 Å². The standard InChI is InChI=1S/C9H11BrN2O4S2/c1-5-7(10)17-9(11-5)18(15,16)12-4-2-3-6(12)8(13)14/h6H,2-4H2,1H3,(H,13,14). The molecule has 1 saturated heterocycles. The molecule has 0 saturated carbocycles. The van der Waals surface area contributed by atoms with E-state index in [1.807, 2.05) is 0 Å². The molecule has 1 fully saturated rings. The van der Waals surface area contributed by atoms with Crippen LogP contribution in [0.15, 0.2) is 8.13 Å². The second-order valence-electron chi connectivity index (χ2n) is 3.95. The van der Waals surface area contributed by atoms with E-state index in [-0.39, 0.29) is 10.9 Å². The molecule has 2 heterocycles. The normalized spacial score (nSPS) is 21.3. The third-order valence-corrected chi connectivity index (χ3v) is 7.01. The number of aromatic nitrogens is 1. The fourth-order valence-electron chi connectivity index (χ4n) is 1.84. The Morgan fingerprint density at radius 3 is 2.78 bits per heavy atom. The summed E-state index contributed by atoms with van der Waals surface area (Å²) >= 11 is 4.22. The maximum atomic E-state index is 12.3. The molecule has 1 N–H and O–H groups in total. The summed E-state index contributed by atoms with van der Waals surface area (Å²) in [6, 6.07) is -0.974. The lowest BCUT2D eigenvalue weighted by Gasteiger charge is -2.19. The molecule has 1 aromatic heterocycles. The van der Waals surface area contributed by atoms with E-state index in [1.165, 1.54) is 0 Å². The van der Waals surface area contributed by atoms with E-state index in [0.29, 0.717) is 22.3 Å². The van der Waals surface area contributed by atoms with Crippen LogP contribution in [0.4, 0.5) is 0 Å². The molecule has 0 spiro atoms. The SMILES string of the molecule is Cc1nc(S(=O)(=O)N2CCCC2C(=O)O)sc1Br. The minimum Gasteiger partial charge on any atom is -0.480 e. The molecule has 0 radical (unpaired) electrons. The Morgan fingerprint density at radius 1 is 1.61 bits per heavy atom. The second kappa shape index (κ2) is 4.87. The average molecular weight is 355 g/mol. The second-order valence-corrected chi connectivity index (χ2v) is 8.33. The number of sulfonamides is 1. The van der Waals surface area contributed by atoms with Crippen LogP contribution in [0.3, 0.4) is 0 Å². The van der Waals surface area contributed by atoms with Crippen molar-refractivity contribution in [2.75, 3.05) is 6.54 Å². The molecule has 1 atom stereocenters. The molecule has 2 rings (SSSR count). The summed E-state index contributed by atoms with van der Waals surface area (Å²) in [6.07, 6.45) is 0.905. The maximum absolute atomic E-state index is 12.3. The smallest absolute Gasteiger partial charge is 0.322 e. The third kappa shape index (κ3) is 2.31. The van der Waals surface area contributed by atoms with Gasteiger partial charge >= 0.3 is 5.97 Å². The number of carboxylic acids is 1. The van der Waals surface area contributed by atoms with E-state index >= 15 is 0 Å². The van der Waals surface area contributed by atoms with E-state index in [0.717, 1.165) is 15.6 Å². The Bertz CT molecular complexity index is 564. The van der Waals surface area contributed by atoms with Crippen LogP contribution in [0.1, 0.15) is 18.5 Å². The number of carbonyl (C=O) groups is 1. The third-order valence-electron chi connectivity index (χ3n) is 2.74. The molecule has 9 heteroatoms. The molecule has 6 nitrogen and oxygen atoms in total. The zero-order valence-electron chi connectivity index (χ0n) is 9.46. The number of aliphatic carboxylic acids is 1. The number of aryl methyl sites for hydroxylation is 1. The first-order valence-corrected chi connectivity index (χ1v) is 8.26. The molecule has 1 aromatic rings. The van der Waals surface area contributed by atoms with Crippen molar-refractivity contribution in [3.63, 3.8) is 0 Å². The van der Waals surface area contributed by atoms with Gasteiger partial charge in [-0.3, -0.25) is 4.79 Å². The Balaban J connectivity index is 2.39. The molecular weight excluding hydrogens is 344 g/mol. The number of nitrogens with zero attached hydrogens (tertiary/aromatic N) is 2. The Hall–Kier alpha value is -0.510. The van der Waals surface area contributed by atoms with Crippen molar-refractivity contribution >= 4 is 43.3 Å². The van der Waals surface area contributed by atoms with Gasteiger partial charge < -0.3 is 5.11 Å². The van der Waals surface area contributed by atoms with Gasteiger partial charge in [0.2, 0.25) is 4.34 Å². The lowest BCUT2D eigenvalue weighted by molar-refractivity contribution is -0.140. The van der Waals surface area contributed by atoms with Crippen molar-refractivity contribution in [2.24, 2.45) is 0 Å². The van der Waals surface area contributed by atoms with Crippen LogP contribution in [-0.2, 0) is 14.8 Å². The number of hydrogen-bond acceptors (Lipinski definition) is 5. The van der Waals surface area contributed by atoms with Gasteiger partial charge in [-0.2, -0.15) is 4.31 Å². The van der Waals surface area contributed by atoms with Crippen molar-refractivity contribution in [3.05, 3.63) is 9.48 Å². The van der Waals surface area contributed by atoms with Crippen LogP contribution in [0, 0.1) is 6.92 Å². The van der Waals surface area contributed by atoms with Gasteiger partial charge in [-0.05, 0) is 35.7 Å². The monoisotopic (exact) mass is 354 g/mol. The summed E-state index contributed by atoms with van der Waals surface area (Å²) in [5.41, 5.74) is 0.588. The number of thiazole rings is 1. The van der Waals surface area contributed by atoms with E-state index in [1.54, 1.807) is 6.92 Å². The largest absolute Gasteiger partial charge is 0.480 e. The maximum Gasteiger partial charge on any atom is 0.322 e. The summed E-state index contributed by atoms with van der Waals surface area (Å²) < 4.78 is 26.2. The van der Waals surface area contributed by atoms with Crippen LogP contribution in [0.5, 0.6) is 0 Å². The summed E-state index contributed by atoms with van der Waals surface area (Å²) in [7, 11) is -3.80. The topological polar surface area (TPSA) is 87.6 Å². The van der Waals surface area contributed by atoms with Crippen LogP contribution in [0.25, 0.3) is 0 Å². The predicted molar refractivity (Wildman–Crippen MR) is 69.1 cm³/mol. The van der Waals surface area contributed by atoms with Gasteiger partial charge in [0.25, 0.3) is 10.0 Å². The molecule has 0 bridgehead atoms. The molecule has 1 unspecified atom stereocenters. The minimum atomic E-state index is -3.80. The van der Waals surface area contributed by atoms with Crippen LogP contribution in [0.2, 0.25) is 0 Å². The summed E-state index contributed by atoms with van der Waals surface area (Å²) in [6.45, 7) is 1.92. The molecule has 1 aliphatic heterocycles. The van der Waals surface area contributed by atoms with Crippen molar-refractivity contribution in [2.45, 2.75) is 30.1 Å². The summed E-state index contributed by atoms with van der Waals surface area (Å²) in [4.78, 5) is 15.0. The summed E-state index contributed by atoms with van der Waals surface area (Å²) in [5, 5.41) is 9.02. The predicted octanol–water partition coefficient (Wildman–Crippen LogP) is 1.45. The molecule has 0 aromatic carbocycles. The average Bonchev–Trinajstić information content (AvgIpc) is 2.87. The number of hydrogen-bond donors (Lipinski definition) is 1. The van der Waals surface area contributed by atoms with Gasteiger partial charge in [-0.1, -0.05) is 11.3 Å². The lowest BCUT2D eigenvalue weighted by atomic mass is 10.2. The van der Waals surface area contributed by atoms with E-state index < -0.39 is 22.0 Å². The molecule has 0 aliphatic carbocycles. The molecular formula is C9H11BrN2O4S2. The Labute approximate surface area is 117 Å². The Kier molecular flexibility index (Phi) is 3.77. The van der Waals surface area contributed by atoms with Crippen LogP contribution < -0.4 is 0 Å². The van der Waals surface area contributed by atoms with E-state index in [4.69, 9.17) is 5.11 Å². The van der Waals surface area contributed by atoms with Crippen molar-refractivity contribution in [3.8, 4) is 0 Å². The summed E-state index contributed by atoms with van der Waals surface area (Å²) in [5.74, 6) is -1.11. The molecule has 100 valence electrons. The van der Waals surface area contributed by atoms with Crippen molar-refractivity contribution < 1.29 is 18.3 Å². The van der Waals surface area contributed by atoms with Gasteiger partial charge in [-0.15, -0.1) is 0 Å². The zero-order chi connectivity index (χ0) is 13.5. The highest BCUT2D eigenvalue weighted by Crippen LogP contribution is 2.32. The quantitative estimate of drug-likeness (QED) is 0.887. The van der Waals surface area contributed by atoms with Gasteiger partial charge in [-0.25, -0.2) is 13.4 Å². The minimum absolute atomic E-state index is 0.0555. The number of carboxylic acid groups (broad SMARTS) is 1. The van der Waals surface area contributed by atoms with Crippen molar-refractivity contribution in [1.29, 1.82) is 0 Å². The Morgan fingerprint density at radius 2 is 2.28 bits per heavy atom. The molecule has 18 heavy (non-hydrogen) atoms. The zero-order valence-corrected chi connectivity index (χ0v) is 12.7. The van der Waals surface area contributed by atoms with E-state index in [2.05, 4.69) is 20.9 Å². The van der Waals surface area contributed by atoms with Crippen LogP contribution >= 0.6 is 27.3 Å². The van der Waals surface area contributed by atoms with Gasteiger partial charge in [0, 0.05) is 6.54 Å². The first-order chi connectivity index (χ1) is 8.34. The number of rotatable bonds is 3. The molecule has 0 amide bonds. The van der Waals surface area contributed by atoms with Gasteiger partial charge in [0.15, 0.2) is 0 Å². The first kappa shape index (κ1) is 13.9. The van der Waals surface area contributed by atoms with Crippen molar-refractivity contribution in [1.82, 2.24) is 9.29 Å². The highest BCUT2D eigenvalue weighted by molar-refractivity contribution is 9.11. The number of halogens is 1. The highest BCUT2D eigenvalue weighted by Gasteiger charge is 2.41. The molecule has 1 aliphatic rings. The lowest BCUT2D eigenvalue weighted by Crippen LogP contribution is -2.40.